The number of nitrogens with zero attached hydrogens (tertiary/aromatic N) is 4. The summed E-state index contributed by atoms with van der Waals surface area (Å²) >= 11 is 0. The fourth-order valence-corrected chi connectivity index (χ4v) is 3.98. The number of carbonyl (C=O) groups excluding carboxylic acids is 1. The van der Waals surface area contributed by atoms with Gasteiger partial charge in [-0.15, -0.1) is 35.0 Å². The molecule has 130 valence electrons. The first-order chi connectivity index (χ1) is 10.3. The molecule has 2 saturated heterocycles. The number of halogens is 2. The molecule has 2 fully saturated rings. The normalized spacial score (nSPS) is 26.3. The number of hydrogen-bond acceptors (Lipinski definition) is 4. The van der Waals surface area contributed by atoms with Crippen LogP contribution in [-0.2, 0) is 17.8 Å². The molecule has 0 saturated carbocycles. The molecular formula is C15H25Cl2N5O. The van der Waals surface area contributed by atoms with E-state index in [0.29, 0.717) is 11.8 Å². The first-order valence-electron chi connectivity index (χ1n) is 8.27. The van der Waals surface area contributed by atoms with Crippen molar-refractivity contribution in [1.82, 2.24) is 25.0 Å². The maximum absolute atomic E-state index is 12.6. The molecule has 1 aromatic rings. The number of fused-ring (bicyclic) bond motifs is 1. The molecule has 0 aromatic carbocycles. The Morgan fingerprint density at radius 1 is 1.09 bits per heavy atom. The molecule has 3 aliphatic heterocycles. The first kappa shape index (κ1) is 18.5. The van der Waals surface area contributed by atoms with Gasteiger partial charge in [-0.2, -0.15) is 0 Å². The largest absolute Gasteiger partial charge is 0.341 e. The Bertz CT molecular complexity index is 544. The molecule has 0 bridgehead atoms. The van der Waals surface area contributed by atoms with Gasteiger partial charge >= 0.3 is 0 Å². The molecule has 4 rings (SSSR count). The van der Waals surface area contributed by atoms with Crippen molar-refractivity contribution < 1.29 is 4.79 Å². The van der Waals surface area contributed by atoms with Gasteiger partial charge in [0, 0.05) is 32.0 Å². The van der Waals surface area contributed by atoms with Crippen molar-refractivity contribution in [2.75, 3.05) is 19.6 Å². The van der Waals surface area contributed by atoms with Crippen molar-refractivity contribution in [2.45, 2.75) is 57.0 Å². The van der Waals surface area contributed by atoms with Crippen molar-refractivity contribution >= 4 is 30.7 Å². The topological polar surface area (TPSA) is 63.1 Å². The number of amides is 1. The van der Waals surface area contributed by atoms with Crippen LogP contribution >= 0.6 is 24.8 Å². The Kier molecular flexibility index (Phi) is 6.28. The van der Waals surface area contributed by atoms with Crippen LogP contribution in [0.2, 0.25) is 0 Å². The van der Waals surface area contributed by atoms with Crippen molar-refractivity contribution in [3.8, 4) is 0 Å². The molecule has 1 N–H and O–H groups in total. The number of likely N-dealkylation sites (tertiary alicyclic amines) is 1. The Morgan fingerprint density at radius 2 is 1.96 bits per heavy atom. The summed E-state index contributed by atoms with van der Waals surface area (Å²) in [7, 11) is 0. The average molecular weight is 362 g/mol. The number of rotatable bonds is 2. The van der Waals surface area contributed by atoms with Crippen molar-refractivity contribution in [1.29, 1.82) is 0 Å². The van der Waals surface area contributed by atoms with E-state index in [-0.39, 0.29) is 30.9 Å². The van der Waals surface area contributed by atoms with Gasteiger partial charge in [-0.3, -0.25) is 4.79 Å². The van der Waals surface area contributed by atoms with E-state index >= 15 is 0 Å². The summed E-state index contributed by atoms with van der Waals surface area (Å²) in [5, 5.41) is 12.0. The van der Waals surface area contributed by atoms with Gasteiger partial charge < -0.3 is 14.8 Å². The molecule has 1 aromatic heterocycles. The fraction of sp³-hybridized carbons (Fsp3) is 0.800. The van der Waals surface area contributed by atoms with Crippen LogP contribution in [0, 0.1) is 0 Å². The van der Waals surface area contributed by atoms with Crippen LogP contribution in [0.1, 0.15) is 49.7 Å². The smallest absolute Gasteiger partial charge is 0.239 e. The Labute approximate surface area is 149 Å². The summed E-state index contributed by atoms with van der Waals surface area (Å²) < 4.78 is 2.28. The molecule has 4 heterocycles. The van der Waals surface area contributed by atoms with Crippen molar-refractivity contribution in [2.24, 2.45) is 0 Å². The van der Waals surface area contributed by atoms with E-state index in [9.17, 15) is 4.79 Å². The summed E-state index contributed by atoms with van der Waals surface area (Å²) in [5.41, 5.74) is 0. The van der Waals surface area contributed by atoms with Crippen molar-refractivity contribution in [3.05, 3.63) is 11.6 Å². The summed E-state index contributed by atoms with van der Waals surface area (Å²) in [5.74, 6) is 2.90. The third kappa shape index (κ3) is 3.49. The third-order valence-electron chi connectivity index (χ3n) is 5.09. The predicted octanol–water partition coefficient (Wildman–Crippen LogP) is 1.53. The highest BCUT2D eigenvalue weighted by Gasteiger charge is 2.33. The number of nitrogens with one attached hydrogen (secondary N) is 1. The molecule has 0 spiro atoms. The lowest BCUT2D eigenvalue weighted by molar-refractivity contribution is -0.134. The second kappa shape index (κ2) is 7.81. The predicted molar refractivity (Wildman–Crippen MR) is 92.4 cm³/mol. The minimum Gasteiger partial charge on any atom is -0.341 e. The highest BCUT2D eigenvalue weighted by atomic mass is 35.5. The van der Waals surface area contributed by atoms with E-state index < -0.39 is 0 Å². The minimum atomic E-state index is 0. The van der Waals surface area contributed by atoms with E-state index in [2.05, 4.69) is 20.1 Å². The molecule has 2 atom stereocenters. The van der Waals surface area contributed by atoms with E-state index in [0.717, 1.165) is 69.9 Å². The van der Waals surface area contributed by atoms with Gasteiger partial charge in [-0.25, -0.2) is 0 Å². The highest BCUT2D eigenvalue weighted by Crippen LogP contribution is 2.29. The van der Waals surface area contributed by atoms with Crippen LogP contribution in [0.25, 0.3) is 0 Å². The van der Waals surface area contributed by atoms with Crippen LogP contribution < -0.4 is 5.32 Å². The lowest BCUT2D eigenvalue weighted by Crippen LogP contribution is -2.47. The lowest BCUT2D eigenvalue weighted by Gasteiger charge is -2.34. The lowest BCUT2D eigenvalue weighted by atomic mass is 9.96. The molecule has 1 amide bonds. The van der Waals surface area contributed by atoms with Gasteiger partial charge in [0.1, 0.15) is 11.6 Å². The maximum Gasteiger partial charge on any atom is 0.239 e. The molecule has 3 aliphatic rings. The van der Waals surface area contributed by atoms with Crippen LogP contribution in [0.3, 0.4) is 0 Å². The van der Waals surface area contributed by atoms with Gasteiger partial charge in [0.15, 0.2) is 0 Å². The zero-order valence-electron chi connectivity index (χ0n) is 13.2. The molecule has 0 radical (unpaired) electrons. The highest BCUT2D eigenvalue weighted by molar-refractivity contribution is 5.85. The van der Waals surface area contributed by atoms with Gasteiger partial charge in [0.25, 0.3) is 0 Å². The van der Waals surface area contributed by atoms with E-state index in [1.807, 2.05) is 4.90 Å². The molecule has 6 nitrogen and oxygen atoms in total. The van der Waals surface area contributed by atoms with E-state index in [1.54, 1.807) is 0 Å². The van der Waals surface area contributed by atoms with Crippen LogP contribution in [0.4, 0.5) is 0 Å². The third-order valence-corrected chi connectivity index (χ3v) is 5.09. The number of aryl methyl sites for hydroxylation is 1. The number of piperidine rings is 1. The molecule has 23 heavy (non-hydrogen) atoms. The minimum absolute atomic E-state index is 0. The Balaban J connectivity index is 0.000000960. The summed E-state index contributed by atoms with van der Waals surface area (Å²) in [4.78, 5) is 14.6. The zero-order valence-corrected chi connectivity index (χ0v) is 14.9. The zero-order chi connectivity index (χ0) is 14.2. The van der Waals surface area contributed by atoms with E-state index in [1.165, 1.54) is 6.42 Å². The number of hydrogen-bond donors (Lipinski definition) is 1. The average Bonchev–Trinajstić information content (AvgIpc) is 3.23. The van der Waals surface area contributed by atoms with E-state index in [4.69, 9.17) is 0 Å². The first-order valence-corrected chi connectivity index (χ1v) is 8.27. The molecule has 0 aliphatic carbocycles. The summed E-state index contributed by atoms with van der Waals surface area (Å²) in [6.45, 7) is 3.74. The summed E-state index contributed by atoms with van der Waals surface area (Å²) in [6.07, 6.45) is 6.53. The maximum atomic E-state index is 12.6. The van der Waals surface area contributed by atoms with Crippen LogP contribution in [-0.4, -0.2) is 51.2 Å². The second-order valence-corrected chi connectivity index (χ2v) is 6.50. The quantitative estimate of drug-likeness (QED) is 0.867. The Hall–Kier alpha value is -0.850. The number of carbonyl (C=O) groups is 1. The standard InChI is InChI=1S/C15H23N5O.2ClH/c21-15(12-5-1-7-16-12)19-8-2-4-11(10-19)14-18-17-13-6-3-9-20(13)14;;/h11-12,16H,1-10H2;2*1H. The molecule has 8 heteroatoms. The van der Waals surface area contributed by atoms with Crippen LogP contribution in [0.5, 0.6) is 0 Å². The molecular weight excluding hydrogens is 337 g/mol. The molecule has 2 unspecified atom stereocenters. The monoisotopic (exact) mass is 361 g/mol. The second-order valence-electron chi connectivity index (χ2n) is 6.50. The summed E-state index contributed by atoms with van der Waals surface area (Å²) in [6, 6.07) is 0.0489. The number of aromatic nitrogens is 3. The van der Waals surface area contributed by atoms with Gasteiger partial charge in [0.05, 0.1) is 6.04 Å². The van der Waals surface area contributed by atoms with Gasteiger partial charge in [-0.05, 0) is 38.6 Å². The SMILES string of the molecule is Cl.Cl.O=C(C1CCCN1)N1CCCC(c2nnc3n2CCC3)C1. The van der Waals surface area contributed by atoms with Gasteiger partial charge in [0.2, 0.25) is 5.91 Å². The Morgan fingerprint density at radius 3 is 2.74 bits per heavy atom. The van der Waals surface area contributed by atoms with Gasteiger partial charge in [-0.1, -0.05) is 0 Å². The fourth-order valence-electron chi connectivity index (χ4n) is 3.98. The van der Waals surface area contributed by atoms with Crippen molar-refractivity contribution in [3.63, 3.8) is 0 Å². The van der Waals surface area contributed by atoms with Crippen LogP contribution in [0.15, 0.2) is 0 Å².